The number of benzene rings is 1. The Labute approximate surface area is 142 Å². The number of rotatable bonds is 5. The minimum absolute atomic E-state index is 0.0911. The van der Waals surface area contributed by atoms with E-state index < -0.39 is 0 Å². The molecule has 0 spiro atoms. The van der Waals surface area contributed by atoms with Crippen molar-refractivity contribution in [2.45, 2.75) is 47.0 Å². The summed E-state index contributed by atoms with van der Waals surface area (Å²) >= 11 is 0. The maximum atomic E-state index is 12.7. The topological polar surface area (TPSA) is 69.7 Å². The van der Waals surface area contributed by atoms with Gasteiger partial charge in [-0.25, -0.2) is 0 Å². The summed E-state index contributed by atoms with van der Waals surface area (Å²) in [7, 11) is 0. The molecule has 0 N–H and O–H groups in total. The lowest BCUT2D eigenvalue weighted by Gasteiger charge is -2.17. The van der Waals surface area contributed by atoms with E-state index in [1.807, 2.05) is 26.8 Å². The second-order valence-corrected chi connectivity index (χ2v) is 6.41. The molecule has 5 nitrogen and oxygen atoms in total. The molecule has 0 saturated heterocycles. The van der Waals surface area contributed by atoms with Gasteiger partial charge >= 0.3 is 11.9 Å². The summed E-state index contributed by atoms with van der Waals surface area (Å²) in [6, 6.07) is 2.01. The van der Waals surface area contributed by atoms with Gasteiger partial charge in [-0.2, -0.15) is 0 Å². The first-order valence-corrected chi connectivity index (χ1v) is 8.18. The summed E-state index contributed by atoms with van der Waals surface area (Å²) in [6.07, 6.45) is 0.584. The number of hydrogen-bond donors (Lipinski definition) is 0. The van der Waals surface area contributed by atoms with Gasteiger partial charge in [-0.1, -0.05) is 13.0 Å². The van der Waals surface area contributed by atoms with Crippen molar-refractivity contribution in [1.82, 2.24) is 0 Å². The van der Waals surface area contributed by atoms with E-state index in [-0.39, 0.29) is 36.2 Å². The van der Waals surface area contributed by atoms with Crippen molar-refractivity contribution in [3.63, 3.8) is 0 Å². The van der Waals surface area contributed by atoms with Crippen LogP contribution < -0.4 is 0 Å². The molecular weight excluding hydrogens is 308 g/mol. The minimum Gasteiger partial charge on any atom is -0.466 e. The molecule has 5 heteroatoms. The average molecular weight is 332 g/mol. The van der Waals surface area contributed by atoms with Crippen LogP contribution in [0, 0.1) is 19.8 Å². The molecule has 1 aliphatic carbocycles. The van der Waals surface area contributed by atoms with Crippen molar-refractivity contribution in [2.75, 3.05) is 13.2 Å². The second kappa shape index (κ2) is 7.16. The van der Waals surface area contributed by atoms with Crippen molar-refractivity contribution in [1.29, 1.82) is 0 Å². The molecule has 1 aliphatic rings. The van der Waals surface area contributed by atoms with Gasteiger partial charge in [0.15, 0.2) is 5.78 Å². The second-order valence-electron chi connectivity index (χ2n) is 6.41. The molecule has 1 aromatic rings. The Morgan fingerprint density at radius 1 is 1.12 bits per heavy atom. The van der Waals surface area contributed by atoms with Crippen LogP contribution >= 0.6 is 0 Å². The number of Topliss-reactive ketones (excluding diaryl/α,β-unsaturated/α-hetero) is 1. The van der Waals surface area contributed by atoms with Crippen LogP contribution in [0.2, 0.25) is 0 Å². The number of hydrogen-bond acceptors (Lipinski definition) is 5. The summed E-state index contributed by atoms with van der Waals surface area (Å²) in [5.41, 5.74) is 4.75. The third-order valence-electron chi connectivity index (χ3n) is 4.75. The number of esters is 2. The van der Waals surface area contributed by atoms with Crippen molar-refractivity contribution < 1.29 is 23.9 Å². The van der Waals surface area contributed by atoms with E-state index in [4.69, 9.17) is 9.47 Å². The fourth-order valence-corrected chi connectivity index (χ4v) is 3.48. The van der Waals surface area contributed by atoms with Crippen molar-refractivity contribution in [3.8, 4) is 0 Å². The number of ketones is 1. The van der Waals surface area contributed by atoms with E-state index in [9.17, 15) is 14.4 Å². The first-order valence-electron chi connectivity index (χ1n) is 8.18. The Balaban J connectivity index is 2.35. The molecule has 2 rings (SSSR count). The summed E-state index contributed by atoms with van der Waals surface area (Å²) in [5.74, 6) is -0.863. The fraction of sp³-hybridized carbons (Fsp3) is 0.526. The molecule has 0 bridgehead atoms. The summed E-state index contributed by atoms with van der Waals surface area (Å²) in [6.45, 7) is 9.09. The molecule has 0 radical (unpaired) electrons. The zero-order chi connectivity index (χ0) is 18.0. The lowest BCUT2D eigenvalue weighted by Crippen LogP contribution is -2.16. The fourth-order valence-electron chi connectivity index (χ4n) is 3.48. The number of carbonyl (C=O) groups is 3. The Hall–Kier alpha value is -2.17. The number of ether oxygens (including phenoxy) is 2. The van der Waals surface area contributed by atoms with E-state index in [0.29, 0.717) is 13.0 Å². The van der Waals surface area contributed by atoms with Crippen LogP contribution in [-0.2, 0) is 25.5 Å². The molecule has 24 heavy (non-hydrogen) atoms. The van der Waals surface area contributed by atoms with Gasteiger partial charge < -0.3 is 9.47 Å². The SMILES string of the molecule is CC(=O)OCCc1c(C)cc2c(c1C)C(=O)[C@H](C)[C@H]2COC(C)=O. The quantitative estimate of drug-likeness (QED) is 0.776. The molecule has 0 unspecified atom stereocenters. The van der Waals surface area contributed by atoms with Crippen LogP contribution in [0.25, 0.3) is 0 Å². The van der Waals surface area contributed by atoms with Gasteiger partial charge in [0.1, 0.15) is 0 Å². The van der Waals surface area contributed by atoms with E-state index in [2.05, 4.69) is 0 Å². The highest BCUT2D eigenvalue weighted by molar-refractivity contribution is 6.04. The number of carbonyl (C=O) groups excluding carboxylic acids is 3. The molecule has 0 heterocycles. The van der Waals surface area contributed by atoms with Crippen LogP contribution in [0.4, 0.5) is 0 Å². The molecular formula is C19H24O5. The van der Waals surface area contributed by atoms with E-state index in [1.165, 1.54) is 13.8 Å². The average Bonchev–Trinajstić information content (AvgIpc) is 2.71. The smallest absolute Gasteiger partial charge is 0.302 e. The van der Waals surface area contributed by atoms with Gasteiger partial charge in [0.05, 0.1) is 13.2 Å². The van der Waals surface area contributed by atoms with E-state index in [1.54, 1.807) is 0 Å². The standard InChI is InChI=1S/C19H24O5/c1-10-8-16-17(9-24-14(5)21)12(3)19(22)18(16)11(2)15(10)6-7-23-13(4)20/h8,12,17H,6-7,9H2,1-5H3/t12-,17-/m1/s1. The van der Waals surface area contributed by atoms with Gasteiger partial charge in [0.2, 0.25) is 0 Å². The molecule has 0 saturated carbocycles. The summed E-state index contributed by atoms with van der Waals surface area (Å²) < 4.78 is 10.2. The van der Waals surface area contributed by atoms with Crippen LogP contribution in [0.1, 0.15) is 59.3 Å². The monoisotopic (exact) mass is 332 g/mol. The molecule has 1 aromatic carbocycles. The molecule has 0 aromatic heterocycles. The lowest BCUT2D eigenvalue weighted by atomic mass is 9.90. The minimum atomic E-state index is -0.338. The van der Waals surface area contributed by atoms with Crippen molar-refractivity contribution >= 4 is 17.7 Å². The lowest BCUT2D eigenvalue weighted by molar-refractivity contribution is -0.142. The van der Waals surface area contributed by atoms with Gasteiger partial charge in [-0.05, 0) is 36.1 Å². The van der Waals surface area contributed by atoms with Gasteiger partial charge in [-0.3, -0.25) is 14.4 Å². The third-order valence-corrected chi connectivity index (χ3v) is 4.75. The molecule has 130 valence electrons. The van der Waals surface area contributed by atoms with E-state index >= 15 is 0 Å². The first-order chi connectivity index (χ1) is 11.2. The summed E-state index contributed by atoms with van der Waals surface area (Å²) in [5, 5.41) is 0. The van der Waals surface area contributed by atoms with Crippen molar-refractivity contribution in [3.05, 3.63) is 33.9 Å². The first kappa shape index (κ1) is 18.2. The Morgan fingerprint density at radius 3 is 2.33 bits per heavy atom. The third kappa shape index (κ3) is 3.50. The highest BCUT2D eigenvalue weighted by atomic mass is 16.5. The predicted molar refractivity (Wildman–Crippen MR) is 89.1 cm³/mol. The maximum absolute atomic E-state index is 12.7. The Bertz CT molecular complexity index is 689. The molecule has 0 fully saturated rings. The molecule has 0 aliphatic heterocycles. The van der Waals surface area contributed by atoms with Crippen molar-refractivity contribution in [2.24, 2.45) is 5.92 Å². The van der Waals surface area contributed by atoms with Crippen LogP contribution in [0.5, 0.6) is 0 Å². The van der Waals surface area contributed by atoms with Crippen LogP contribution in [0.3, 0.4) is 0 Å². The van der Waals surface area contributed by atoms with E-state index in [0.717, 1.165) is 27.8 Å². The number of aryl methyl sites for hydroxylation is 1. The highest BCUT2D eigenvalue weighted by Gasteiger charge is 2.39. The summed E-state index contributed by atoms with van der Waals surface area (Å²) in [4.78, 5) is 34.7. The van der Waals surface area contributed by atoms with Gasteiger partial charge in [-0.15, -0.1) is 0 Å². The molecule has 0 amide bonds. The zero-order valence-corrected chi connectivity index (χ0v) is 14.9. The van der Waals surface area contributed by atoms with Crippen LogP contribution in [0.15, 0.2) is 6.07 Å². The maximum Gasteiger partial charge on any atom is 0.302 e. The Kier molecular flexibility index (Phi) is 5.42. The highest BCUT2D eigenvalue weighted by Crippen LogP contribution is 2.41. The van der Waals surface area contributed by atoms with Gasteiger partial charge in [0, 0.05) is 37.7 Å². The number of fused-ring (bicyclic) bond motifs is 1. The zero-order valence-electron chi connectivity index (χ0n) is 14.9. The normalized spacial score (nSPS) is 19.1. The predicted octanol–water partition coefficient (Wildman–Crippen LogP) is 2.89. The largest absolute Gasteiger partial charge is 0.466 e. The Morgan fingerprint density at radius 2 is 1.75 bits per heavy atom. The molecule has 2 atom stereocenters. The van der Waals surface area contributed by atoms with Gasteiger partial charge in [0.25, 0.3) is 0 Å². The van der Waals surface area contributed by atoms with Crippen LogP contribution in [-0.4, -0.2) is 30.9 Å².